The summed E-state index contributed by atoms with van der Waals surface area (Å²) in [5.41, 5.74) is 4.76. The van der Waals surface area contributed by atoms with Gasteiger partial charge in [0, 0.05) is 11.3 Å². The first-order valence-electron chi connectivity index (χ1n) is 11.1. The van der Waals surface area contributed by atoms with Crippen LogP contribution >= 0.6 is 0 Å². The first kappa shape index (κ1) is 20.7. The lowest BCUT2D eigenvalue weighted by atomic mass is 9.88. The Hall–Kier alpha value is -4.17. The number of anilines is 1. The molecule has 1 aliphatic carbocycles. The van der Waals surface area contributed by atoms with Crippen molar-refractivity contribution in [3.63, 3.8) is 0 Å². The van der Waals surface area contributed by atoms with Gasteiger partial charge in [-0.2, -0.15) is 5.26 Å². The van der Waals surface area contributed by atoms with Crippen molar-refractivity contribution in [3.8, 4) is 6.07 Å². The molecule has 5 rings (SSSR count). The molecule has 3 aromatic carbocycles. The molecule has 1 N–H and O–H groups in total. The molecule has 0 spiro atoms. The van der Waals surface area contributed by atoms with E-state index >= 15 is 0 Å². The Morgan fingerprint density at radius 3 is 2.30 bits per heavy atom. The normalized spacial score (nSPS) is 19.2. The van der Waals surface area contributed by atoms with E-state index in [1.165, 1.54) is 16.0 Å². The maximum absolute atomic E-state index is 13.2. The number of amides is 1. The lowest BCUT2D eigenvalue weighted by Crippen LogP contribution is -2.29. The number of aliphatic hydroxyl groups excluding tert-OH is 1. The van der Waals surface area contributed by atoms with Crippen LogP contribution in [0.5, 0.6) is 0 Å². The number of fused-ring (bicyclic) bond motifs is 1. The second kappa shape index (κ2) is 8.40. The van der Waals surface area contributed by atoms with E-state index in [1.54, 1.807) is 24.3 Å². The number of benzene rings is 3. The summed E-state index contributed by atoms with van der Waals surface area (Å²) < 4.78 is 0. The highest BCUT2D eigenvalue weighted by Gasteiger charge is 2.46. The summed E-state index contributed by atoms with van der Waals surface area (Å²) >= 11 is 0. The molecule has 1 saturated heterocycles. The van der Waals surface area contributed by atoms with Crippen molar-refractivity contribution < 1.29 is 14.7 Å². The molecule has 33 heavy (non-hydrogen) atoms. The van der Waals surface area contributed by atoms with Crippen LogP contribution in [-0.2, 0) is 22.4 Å². The second-order valence-electron chi connectivity index (χ2n) is 8.43. The van der Waals surface area contributed by atoms with E-state index in [0.29, 0.717) is 16.8 Å². The molecule has 162 valence electrons. The summed E-state index contributed by atoms with van der Waals surface area (Å²) in [6.07, 6.45) is 4.22. The van der Waals surface area contributed by atoms with Crippen LogP contribution in [0.25, 0.3) is 5.76 Å². The highest BCUT2D eigenvalue weighted by atomic mass is 16.3. The minimum absolute atomic E-state index is 0.0753. The minimum atomic E-state index is -0.768. The third kappa shape index (κ3) is 3.60. The van der Waals surface area contributed by atoms with Gasteiger partial charge in [0.2, 0.25) is 0 Å². The van der Waals surface area contributed by atoms with Gasteiger partial charge in [-0.15, -0.1) is 0 Å². The van der Waals surface area contributed by atoms with Crippen molar-refractivity contribution in [1.82, 2.24) is 0 Å². The molecular weight excluding hydrogens is 412 g/mol. The van der Waals surface area contributed by atoms with E-state index < -0.39 is 17.7 Å². The van der Waals surface area contributed by atoms with E-state index in [4.69, 9.17) is 5.26 Å². The summed E-state index contributed by atoms with van der Waals surface area (Å²) in [5, 5.41) is 20.4. The number of nitrogens with zero attached hydrogens (tertiary/aromatic N) is 2. The predicted octanol–water partition coefficient (Wildman–Crippen LogP) is 5.06. The largest absolute Gasteiger partial charge is 0.507 e. The number of rotatable bonds is 3. The minimum Gasteiger partial charge on any atom is -0.507 e. The maximum Gasteiger partial charge on any atom is 0.300 e. The Labute approximate surface area is 192 Å². The van der Waals surface area contributed by atoms with Crippen LogP contribution in [0.1, 0.15) is 46.7 Å². The first-order valence-corrected chi connectivity index (χ1v) is 11.1. The van der Waals surface area contributed by atoms with Gasteiger partial charge in [0.05, 0.1) is 23.2 Å². The van der Waals surface area contributed by atoms with Gasteiger partial charge in [0.15, 0.2) is 0 Å². The lowest BCUT2D eigenvalue weighted by molar-refractivity contribution is -0.132. The molecule has 1 heterocycles. The van der Waals surface area contributed by atoms with E-state index in [-0.39, 0.29) is 11.3 Å². The molecule has 0 radical (unpaired) electrons. The average Bonchev–Trinajstić information content (AvgIpc) is 3.14. The first-order chi connectivity index (χ1) is 16.1. The van der Waals surface area contributed by atoms with Gasteiger partial charge in [-0.05, 0) is 72.7 Å². The third-order valence-electron chi connectivity index (χ3n) is 6.46. The predicted molar refractivity (Wildman–Crippen MR) is 125 cm³/mol. The SMILES string of the molecule is N#Cc1ccc(N2C(=O)C(=O)/C(=C(\O)c3ccc4c(c3)CCCC4)C2c2ccccc2)cc1. The van der Waals surface area contributed by atoms with Crippen LogP contribution in [0, 0.1) is 11.3 Å². The fourth-order valence-corrected chi connectivity index (χ4v) is 4.78. The number of aliphatic hydroxyl groups is 1. The van der Waals surface area contributed by atoms with Crippen molar-refractivity contribution in [2.45, 2.75) is 31.7 Å². The summed E-state index contributed by atoms with van der Waals surface area (Å²) in [4.78, 5) is 27.8. The van der Waals surface area contributed by atoms with Gasteiger partial charge in [-0.3, -0.25) is 14.5 Å². The topological polar surface area (TPSA) is 81.4 Å². The Kier molecular flexibility index (Phi) is 5.27. The number of Topliss-reactive ketones (excluding diaryl/α,β-unsaturated/α-hetero) is 1. The molecule has 5 nitrogen and oxygen atoms in total. The van der Waals surface area contributed by atoms with E-state index in [1.807, 2.05) is 48.5 Å². The quantitative estimate of drug-likeness (QED) is 0.355. The van der Waals surface area contributed by atoms with Crippen LogP contribution in [0.2, 0.25) is 0 Å². The zero-order valence-electron chi connectivity index (χ0n) is 18.0. The molecule has 1 atom stereocenters. The molecule has 2 aliphatic rings. The number of nitriles is 1. The van der Waals surface area contributed by atoms with Crippen molar-refractivity contribution >= 4 is 23.1 Å². The number of aryl methyl sites for hydroxylation is 2. The number of carbonyl (C=O) groups is 2. The van der Waals surface area contributed by atoms with Gasteiger partial charge in [-0.1, -0.05) is 42.5 Å². The number of hydrogen-bond donors (Lipinski definition) is 1. The van der Waals surface area contributed by atoms with Gasteiger partial charge in [0.1, 0.15) is 5.76 Å². The number of ketones is 1. The Morgan fingerprint density at radius 1 is 0.909 bits per heavy atom. The molecule has 0 saturated carbocycles. The van der Waals surface area contributed by atoms with E-state index in [2.05, 4.69) is 6.07 Å². The summed E-state index contributed by atoms with van der Waals surface area (Å²) in [6, 6.07) is 22.8. The molecule has 1 fully saturated rings. The second-order valence-corrected chi connectivity index (χ2v) is 8.43. The average molecular weight is 434 g/mol. The number of hydrogen-bond acceptors (Lipinski definition) is 4. The van der Waals surface area contributed by atoms with Crippen LogP contribution < -0.4 is 4.90 Å². The van der Waals surface area contributed by atoms with E-state index in [0.717, 1.165) is 31.2 Å². The Balaban J connectivity index is 1.67. The van der Waals surface area contributed by atoms with Crippen molar-refractivity contribution in [3.05, 3.63) is 106 Å². The Morgan fingerprint density at radius 2 is 1.61 bits per heavy atom. The summed E-state index contributed by atoms with van der Waals surface area (Å²) in [6.45, 7) is 0. The van der Waals surface area contributed by atoms with Gasteiger partial charge < -0.3 is 5.11 Å². The standard InChI is InChI=1S/C28H22N2O3/c29-17-18-10-14-23(15-11-18)30-25(20-7-2-1-3-8-20)24(27(32)28(30)33)26(31)22-13-12-19-6-4-5-9-21(19)16-22/h1-3,7-8,10-16,25,31H,4-6,9H2/b26-24-. The third-order valence-corrected chi connectivity index (χ3v) is 6.46. The van der Waals surface area contributed by atoms with Crippen molar-refractivity contribution in [1.29, 1.82) is 5.26 Å². The zero-order chi connectivity index (χ0) is 22.9. The van der Waals surface area contributed by atoms with Crippen molar-refractivity contribution in [2.75, 3.05) is 4.90 Å². The molecular formula is C28H22N2O3. The van der Waals surface area contributed by atoms with Crippen LogP contribution in [0.4, 0.5) is 5.69 Å². The van der Waals surface area contributed by atoms with Crippen molar-refractivity contribution in [2.24, 2.45) is 0 Å². The lowest BCUT2D eigenvalue weighted by Gasteiger charge is -2.25. The fourth-order valence-electron chi connectivity index (χ4n) is 4.78. The number of carbonyl (C=O) groups excluding carboxylic acids is 2. The molecule has 1 unspecified atom stereocenters. The van der Waals surface area contributed by atoms with Gasteiger partial charge in [-0.25, -0.2) is 0 Å². The van der Waals surface area contributed by atoms with E-state index in [9.17, 15) is 14.7 Å². The highest BCUT2D eigenvalue weighted by Crippen LogP contribution is 2.42. The van der Waals surface area contributed by atoms with Crippen LogP contribution in [-0.4, -0.2) is 16.8 Å². The highest BCUT2D eigenvalue weighted by molar-refractivity contribution is 6.51. The van der Waals surface area contributed by atoms with Gasteiger partial charge in [0.25, 0.3) is 11.7 Å². The van der Waals surface area contributed by atoms with Crippen LogP contribution in [0.15, 0.2) is 78.4 Å². The summed E-state index contributed by atoms with van der Waals surface area (Å²) in [7, 11) is 0. The molecule has 1 amide bonds. The molecule has 0 bridgehead atoms. The maximum atomic E-state index is 13.2. The fraction of sp³-hybridized carbons (Fsp3) is 0.179. The monoisotopic (exact) mass is 434 g/mol. The zero-order valence-corrected chi connectivity index (χ0v) is 18.0. The molecule has 5 heteroatoms. The summed E-state index contributed by atoms with van der Waals surface area (Å²) in [5.74, 6) is -1.58. The Bertz CT molecular complexity index is 1320. The van der Waals surface area contributed by atoms with Gasteiger partial charge >= 0.3 is 0 Å². The smallest absolute Gasteiger partial charge is 0.300 e. The molecule has 3 aromatic rings. The molecule has 0 aromatic heterocycles. The van der Waals surface area contributed by atoms with Crippen LogP contribution in [0.3, 0.4) is 0 Å². The molecule has 1 aliphatic heterocycles.